The molecule has 0 aliphatic heterocycles. The summed E-state index contributed by atoms with van der Waals surface area (Å²) < 4.78 is 29.6. The number of nitro groups is 1. The van der Waals surface area contributed by atoms with E-state index in [1.54, 1.807) is 13.0 Å². The Morgan fingerprint density at radius 2 is 1.90 bits per heavy atom. The fourth-order valence-electron chi connectivity index (χ4n) is 3.41. The number of nitro benzene ring substituents is 1. The van der Waals surface area contributed by atoms with E-state index in [9.17, 15) is 24.1 Å². The van der Waals surface area contributed by atoms with Gasteiger partial charge in [0, 0.05) is 23.2 Å². The number of ether oxygens (including phenoxy) is 2. The van der Waals surface area contributed by atoms with Crippen LogP contribution in [0.2, 0.25) is 5.02 Å². The van der Waals surface area contributed by atoms with Crippen molar-refractivity contribution in [2.75, 3.05) is 18.5 Å². The van der Waals surface area contributed by atoms with E-state index < -0.39 is 22.6 Å². The number of nitrogens with one attached hydrogen (secondary N) is 2. The van der Waals surface area contributed by atoms with E-state index in [4.69, 9.17) is 25.5 Å². The third-order valence-corrected chi connectivity index (χ3v) is 5.40. The molecule has 0 aliphatic carbocycles. The van der Waals surface area contributed by atoms with E-state index in [2.05, 4.69) is 15.8 Å². The molecule has 200 valence electrons. The third kappa shape index (κ3) is 6.87. The van der Waals surface area contributed by atoms with Crippen molar-refractivity contribution in [3.8, 4) is 11.5 Å². The first-order valence-corrected chi connectivity index (χ1v) is 11.8. The van der Waals surface area contributed by atoms with Crippen LogP contribution in [0.1, 0.15) is 23.0 Å². The van der Waals surface area contributed by atoms with Crippen LogP contribution in [-0.2, 0) is 4.79 Å². The largest absolute Gasteiger partial charge is 0.490 e. The molecule has 2 N–H and O–H groups in total. The maximum absolute atomic E-state index is 13.0. The lowest BCUT2D eigenvalue weighted by Gasteiger charge is -2.14. The zero-order valence-electron chi connectivity index (χ0n) is 20.3. The molecule has 11 nitrogen and oxygen atoms in total. The first-order valence-electron chi connectivity index (χ1n) is 11.4. The van der Waals surface area contributed by atoms with E-state index in [0.29, 0.717) is 22.2 Å². The number of fused-ring (bicyclic) bond motifs is 1. The smallest absolute Gasteiger partial charge is 0.307 e. The number of hydrazone groups is 1. The number of furan rings is 1. The average molecular weight is 555 g/mol. The third-order valence-electron chi connectivity index (χ3n) is 5.12. The molecule has 0 spiro atoms. The summed E-state index contributed by atoms with van der Waals surface area (Å²) in [6.45, 7) is 1.64. The summed E-state index contributed by atoms with van der Waals surface area (Å²) in [5, 5.41) is 17.9. The number of rotatable bonds is 10. The second-order valence-electron chi connectivity index (χ2n) is 7.90. The van der Waals surface area contributed by atoms with Crippen molar-refractivity contribution in [2.24, 2.45) is 5.10 Å². The zero-order valence-corrected chi connectivity index (χ0v) is 21.0. The van der Waals surface area contributed by atoms with Crippen LogP contribution in [0.3, 0.4) is 0 Å². The second-order valence-corrected chi connectivity index (χ2v) is 8.30. The molecule has 3 aromatic carbocycles. The highest BCUT2D eigenvalue weighted by Gasteiger charge is 2.16. The first-order chi connectivity index (χ1) is 18.7. The van der Waals surface area contributed by atoms with E-state index in [1.807, 2.05) is 0 Å². The Balaban J connectivity index is 1.41. The summed E-state index contributed by atoms with van der Waals surface area (Å²) in [7, 11) is 0. The van der Waals surface area contributed by atoms with E-state index in [1.165, 1.54) is 60.8 Å². The number of hydrogen-bond acceptors (Lipinski definition) is 8. The first kappa shape index (κ1) is 27.1. The van der Waals surface area contributed by atoms with Crippen LogP contribution in [0, 0.1) is 15.9 Å². The quantitative estimate of drug-likeness (QED) is 0.153. The molecule has 0 bridgehead atoms. The van der Waals surface area contributed by atoms with Gasteiger partial charge < -0.3 is 19.2 Å². The van der Waals surface area contributed by atoms with Gasteiger partial charge in [-0.1, -0.05) is 11.6 Å². The molecular formula is C26H20ClFN4O7. The number of benzene rings is 3. The number of anilines is 1. The van der Waals surface area contributed by atoms with Crippen molar-refractivity contribution in [2.45, 2.75) is 6.92 Å². The molecular weight excluding hydrogens is 535 g/mol. The van der Waals surface area contributed by atoms with Gasteiger partial charge in [-0.2, -0.15) is 5.10 Å². The molecule has 0 saturated carbocycles. The monoisotopic (exact) mass is 554 g/mol. The van der Waals surface area contributed by atoms with Gasteiger partial charge in [0.2, 0.25) is 0 Å². The second kappa shape index (κ2) is 12.0. The van der Waals surface area contributed by atoms with Crippen molar-refractivity contribution in [1.82, 2.24) is 5.43 Å². The molecule has 4 aromatic rings. The number of hydrogen-bond donors (Lipinski definition) is 2. The standard InChI is InChI=1S/C26H20ClFN4O7/c1-2-37-22-10-15(9-20(27)25(22)38-14-24(33)30-18-5-3-17(28)4-6-18)13-29-31-26(34)23-12-16-11-19(32(35)36)7-8-21(16)39-23/h3-13H,2,14H2,1H3,(H,30,33)(H,31,34)/b29-13-. The summed E-state index contributed by atoms with van der Waals surface area (Å²) in [6, 6.07) is 13.7. The van der Waals surface area contributed by atoms with E-state index in [0.717, 1.165) is 0 Å². The average Bonchev–Trinajstić information content (AvgIpc) is 3.33. The molecule has 0 saturated heterocycles. The number of non-ortho nitro benzene ring substituents is 1. The van der Waals surface area contributed by atoms with Crippen LogP contribution in [0.25, 0.3) is 11.0 Å². The molecule has 39 heavy (non-hydrogen) atoms. The van der Waals surface area contributed by atoms with Crippen LogP contribution in [0.15, 0.2) is 70.2 Å². The Bertz CT molecular complexity index is 1570. The maximum atomic E-state index is 13.0. The molecule has 13 heteroatoms. The number of amides is 2. The van der Waals surface area contributed by atoms with Gasteiger partial charge in [-0.05, 0) is 61.0 Å². The number of halogens is 2. The molecule has 0 fully saturated rings. The van der Waals surface area contributed by atoms with Crippen molar-refractivity contribution < 1.29 is 32.8 Å². The molecule has 0 atom stereocenters. The zero-order chi connectivity index (χ0) is 27.9. The lowest BCUT2D eigenvalue weighted by Crippen LogP contribution is -2.20. The molecule has 4 rings (SSSR count). The topological polar surface area (TPSA) is 145 Å². The molecule has 0 unspecified atom stereocenters. The minimum Gasteiger partial charge on any atom is -0.490 e. The van der Waals surface area contributed by atoms with Crippen molar-refractivity contribution >= 4 is 52.0 Å². The Morgan fingerprint density at radius 3 is 2.62 bits per heavy atom. The lowest BCUT2D eigenvalue weighted by molar-refractivity contribution is -0.384. The highest BCUT2D eigenvalue weighted by atomic mass is 35.5. The molecule has 2 amide bonds. The highest BCUT2D eigenvalue weighted by molar-refractivity contribution is 6.32. The van der Waals surface area contributed by atoms with Crippen molar-refractivity contribution in [1.29, 1.82) is 0 Å². The van der Waals surface area contributed by atoms with Gasteiger partial charge in [0.05, 0.1) is 22.8 Å². The lowest BCUT2D eigenvalue weighted by atomic mass is 10.2. The normalized spacial score (nSPS) is 10.9. The van der Waals surface area contributed by atoms with Crippen molar-refractivity contribution in [3.05, 3.63) is 92.9 Å². The van der Waals surface area contributed by atoms with Crippen molar-refractivity contribution in [3.63, 3.8) is 0 Å². The molecule has 0 radical (unpaired) electrons. The van der Waals surface area contributed by atoms with Gasteiger partial charge in [-0.3, -0.25) is 19.7 Å². The predicted octanol–water partition coefficient (Wildman–Crippen LogP) is 5.31. The van der Waals surface area contributed by atoms with Crippen LogP contribution in [-0.4, -0.2) is 36.2 Å². The van der Waals surface area contributed by atoms with Crippen LogP contribution >= 0.6 is 11.6 Å². The van der Waals surface area contributed by atoms with Gasteiger partial charge in [-0.25, -0.2) is 9.82 Å². The summed E-state index contributed by atoms with van der Waals surface area (Å²) in [5.74, 6) is -1.31. The minimum atomic E-state index is -0.673. The van der Waals surface area contributed by atoms with E-state index >= 15 is 0 Å². The fourth-order valence-corrected chi connectivity index (χ4v) is 3.68. The molecule has 1 aromatic heterocycles. The molecule has 1 heterocycles. The van der Waals surface area contributed by atoms with Crippen LogP contribution in [0.5, 0.6) is 11.5 Å². The number of carbonyl (C=O) groups is 2. The van der Waals surface area contributed by atoms with E-state index in [-0.39, 0.29) is 41.2 Å². The van der Waals surface area contributed by atoms with Crippen LogP contribution < -0.4 is 20.2 Å². The minimum absolute atomic E-state index is 0.0849. The maximum Gasteiger partial charge on any atom is 0.307 e. The number of nitrogens with zero attached hydrogens (tertiary/aromatic N) is 2. The fraction of sp³-hybridized carbons (Fsp3) is 0.115. The van der Waals surface area contributed by atoms with Gasteiger partial charge in [0.15, 0.2) is 23.9 Å². The predicted molar refractivity (Wildman–Crippen MR) is 141 cm³/mol. The SMILES string of the molecule is CCOc1cc(/C=N\NC(=O)c2cc3cc([N+](=O)[O-])ccc3o2)cc(Cl)c1OCC(=O)Nc1ccc(F)cc1. The summed E-state index contributed by atoms with van der Waals surface area (Å²) in [6.07, 6.45) is 1.31. The summed E-state index contributed by atoms with van der Waals surface area (Å²) in [4.78, 5) is 35.1. The van der Waals surface area contributed by atoms with Gasteiger partial charge in [0.1, 0.15) is 11.4 Å². The highest BCUT2D eigenvalue weighted by Crippen LogP contribution is 2.36. The van der Waals surface area contributed by atoms with Crippen LogP contribution in [0.4, 0.5) is 15.8 Å². The Hall–Kier alpha value is -4.97. The summed E-state index contributed by atoms with van der Waals surface area (Å²) in [5.41, 5.74) is 3.34. The van der Waals surface area contributed by atoms with Gasteiger partial charge >= 0.3 is 5.91 Å². The summed E-state index contributed by atoms with van der Waals surface area (Å²) >= 11 is 6.36. The number of carbonyl (C=O) groups excluding carboxylic acids is 2. The Kier molecular flexibility index (Phi) is 8.37. The Labute approximate surface area is 225 Å². The Morgan fingerprint density at radius 1 is 1.13 bits per heavy atom. The van der Waals surface area contributed by atoms with Gasteiger partial charge in [-0.15, -0.1) is 0 Å². The molecule has 0 aliphatic rings. The van der Waals surface area contributed by atoms with Gasteiger partial charge in [0.25, 0.3) is 11.6 Å².